The summed E-state index contributed by atoms with van der Waals surface area (Å²) in [4.78, 5) is 7.05. The van der Waals surface area contributed by atoms with Crippen molar-refractivity contribution in [1.82, 2.24) is 4.90 Å². The molecular weight excluding hydrogens is 300 g/mol. The second-order valence-electron chi connectivity index (χ2n) is 4.57. The predicted octanol–water partition coefficient (Wildman–Crippen LogP) is -0.0691. The van der Waals surface area contributed by atoms with E-state index in [-0.39, 0.29) is 10.3 Å². The number of morpholine rings is 1. The van der Waals surface area contributed by atoms with Crippen LogP contribution in [0.1, 0.15) is 11.8 Å². The van der Waals surface area contributed by atoms with Gasteiger partial charge in [0.25, 0.3) is 0 Å². The summed E-state index contributed by atoms with van der Waals surface area (Å²) < 4.78 is 27.9. The van der Waals surface area contributed by atoms with E-state index < -0.39 is 10.0 Å². The summed E-state index contributed by atoms with van der Waals surface area (Å²) in [5.41, 5.74) is 5.93. The van der Waals surface area contributed by atoms with E-state index in [4.69, 9.17) is 15.6 Å². The number of primary sulfonamides is 1. The van der Waals surface area contributed by atoms with Crippen molar-refractivity contribution >= 4 is 27.3 Å². The third-order valence-electron chi connectivity index (χ3n) is 2.88. The molecule has 1 aromatic rings. The van der Waals surface area contributed by atoms with Crippen LogP contribution in [-0.2, 0) is 21.3 Å². The van der Waals surface area contributed by atoms with Crippen molar-refractivity contribution in [3.8, 4) is 0 Å². The van der Waals surface area contributed by atoms with Crippen LogP contribution in [0.25, 0.3) is 0 Å². The maximum atomic E-state index is 11.2. The highest BCUT2D eigenvalue weighted by Gasteiger charge is 2.18. The molecule has 0 bridgehead atoms. The molecule has 1 saturated heterocycles. The van der Waals surface area contributed by atoms with Gasteiger partial charge in [0.05, 0.1) is 19.3 Å². The molecule has 0 amide bonds. The molecule has 4 N–H and O–H groups in total. The number of guanidine groups is 1. The fraction of sp³-hybridized carbons (Fsp3) is 0.545. The number of sulfonamides is 1. The average Bonchev–Trinajstić information content (AvgIpc) is 2.84. The highest BCUT2D eigenvalue weighted by molar-refractivity contribution is 7.91. The number of thiophene rings is 1. The van der Waals surface area contributed by atoms with E-state index in [1.165, 1.54) is 6.07 Å². The Bertz CT molecular complexity index is 597. The van der Waals surface area contributed by atoms with Crippen LogP contribution in [-0.4, -0.2) is 45.1 Å². The molecule has 1 atom stereocenters. The van der Waals surface area contributed by atoms with Gasteiger partial charge in [0.2, 0.25) is 10.0 Å². The Kier molecular flexibility index (Phi) is 4.63. The van der Waals surface area contributed by atoms with Crippen LogP contribution in [0.4, 0.5) is 0 Å². The third-order valence-corrected chi connectivity index (χ3v) is 5.39. The highest BCUT2D eigenvalue weighted by atomic mass is 32.2. The first kappa shape index (κ1) is 15.2. The summed E-state index contributed by atoms with van der Waals surface area (Å²) in [6.45, 7) is 4.38. The zero-order valence-electron chi connectivity index (χ0n) is 11.2. The summed E-state index contributed by atoms with van der Waals surface area (Å²) in [5.74, 6) is 0.450. The Morgan fingerprint density at radius 1 is 1.60 bits per heavy atom. The molecule has 0 saturated carbocycles. The lowest BCUT2D eigenvalue weighted by Gasteiger charge is -2.31. The van der Waals surface area contributed by atoms with Crippen molar-refractivity contribution in [3.63, 3.8) is 0 Å². The molecule has 1 aliphatic rings. The van der Waals surface area contributed by atoms with Gasteiger partial charge in [-0.2, -0.15) is 0 Å². The van der Waals surface area contributed by atoms with Crippen molar-refractivity contribution < 1.29 is 13.2 Å². The molecule has 20 heavy (non-hydrogen) atoms. The minimum absolute atomic E-state index is 0.133. The quantitative estimate of drug-likeness (QED) is 0.598. The molecule has 2 heterocycles. The van der Waals surface area contributed by atoms with Gasteiger partial charge in [-0.1, -0.05) is 0 Å². The van der Waals surface area contributed by atoms with Gasteiger partial charge in [-0.25, -0.2) is 18.5 Å². The summed E-state index contributed by atoms with van der Waals surface area (Å²) >= 11 is 1.11. The minimum atomic E-state index is -3.64. The monoisotopic (exact) mass is 318 g/mol. The van der Waals surface area contributed by atoms with Crippen molar-refractivity contribution in [2.75, 3.05) is 19.7 Å². The Morgan fingerprint density at radius 2 is 2.35 bits per heavy atom. The maximum Gasteiger partial charge on any atom is 0.247 e. The van der Waals surface area contributed by atoms with E-state index in [9.17, 15) is 8.42 Å². The van der Waals surface area contributed by atoms with Crippen LogP contribution in [0.15, 0.2) is 21.3 Å². The molecule has 7 nitrogen and oxygen atoms in total. The van der Waals surface area contributed by atoms with Gasteiger partial charge in [0.1, 0.15) is 4.21 Å². The smallest absolute Gasteiger partial charge is 0.247 e. The number of ether oxygens (including phenoxy) is 1. The predicted molar refractivity (Wildman–Crippen MR) is 78.0 cm³/mol. The van der Waals surface area contributed by atoms with Gasteiger partial charge in [-0.3, -0.25) is 0 Å². The molecule has 2 rings (SSSR count). The molecule has 1 unspecified atom stereocenters. The Morgan fingerprint density at radius 3 is 2.95 bits per heavy atom. The van der Waals surface area contributed by atoms with Gasteiger partial charge in [-0.15, -0.1) is 11.3 Å². The first-order chi connectivity index (χ1) is 9.36. The van der Waals surface area contributed by atoms with E-state index >= 15 is 0 Å². The number of hydrogen-bond acceptors (Lipinski definition) is 5. The Labute approximate surface area is 122 Å². The van der Waals surface area contributed by atoms with Crippen LogP contribution in [0.5, 0.6) is 0 Å². The van der Waals surface area contributed by atoms with E-state index in [1.54, 1.807) is 6.07 Å². The van der Waals surface area contributed by atoms with Crippen LogP contribution in [0.2, 0.25) is 0 Å². The lowest BCUT2D eigenvalue weighted by atomic mass is 10.3. The molecular formula is C11H18N4O3S2. The van der Waals surface area contributed by atoms with Crippen molar-refractivity contribution in [2.24, 2.45) is 15.9 Å². The Balaban J connectivity index is 1.99. The van der Waals surface area contributed by atoms with E-state index in [1.807, 2.05) is 11.8 Å². The first-order valence-electron chi connectivity index (χ1n) is 6.14. The van der Waals surface area contributed by atoms with Crippen LogP contribution < -0.4 is 10.9 Å². The summed E-state index contributed by atoms with van der Waals surface area (Å²) in [5, 5.41) is 5.06. The molecule has 1 aromatic heterocycles. The number of hydrogen-bond donors (Lipinski definition) is 2. The topological polar surface area (TPSA) is 111 Å². The number of aliphatic imine (C=N–C) groups is 1. The number of nitrogens with two attached hydrogens (primary N) is 2. The van der Waals surface area contributed by atoms with Gasteiger partial charge < -0.3 is 15.4 Å². The molecule has 0 radical (unpaired) electrons. The van der Waals surface area contributed by atoms with Crippen LogP contribution >= 0.6 is 11.3 Å². The fourth-order valence-corrected chi connectivity index (χ4v) is 3.58. The molecule has 9 heteroatoms. The minimum Gasteiger partial charge on any atom is -0.375 e. The zero-order valence-corrected chi connectivity index (χ0v) is 12.8. The average molecular weight is 318 g/mol. The second-order valence-corrected chi connectivity index (χ2v) is 7.52. The fourth-order valence-electron chi connectivity index (χ4n) is 1.88. The lowest BCUT2D eigenvalue weighted by molar-refractivity contribution is 0.00529. The standard InChI is InChI=1S/C11H18N4O3S2/c1-8-7-15(4-5-18-8)11(12)14-6-9-2-3-10(19-9)20(13,16)17/h2-3,8H,4-7H2,1H3,(H2,12,14)(H2,13,16,17). The van der Waals surface area contributed by atoms with Gasteiger partial charge in [-0.05, 0) is 19.1 Å². The number of nitrogens with zero attached hydrogens (tertiary/aromatic N) is 2. The van der Waals surface area contributed by atoms with Crippen LogP contribution in [0.3, 0.4) is 0 Å². The highest BCUT2D eigenvalue weighted by Crippen LogP contribution is 2.21. The lowest BCUT2D eigenvalue weighted by Crippen LogP contribution is -2.47. The molecule has 1 aliphatic heterocycles. The van der Waals surface area contributed by atoms with Gasteiger partial charge in [0.15, 0.2) is 5.96 Å². The zero-order chi connectivity index (χ0) is 14.8. The summed E-state index contributed by atoms with van der Waals surface area (Å²) in [6.07, 6.45) is 0.133. The molecule has 112 valence electrons. The summed E-state index contributed by atoms with van der Waals surface area (Å²) in [6, 6.07) is 3.18. The SMILES string of the molecule is CC1CN(C(N)=NCc2ccc(S(N)(=O)=O)s2)CCO1. The van der Waals surface area contributed by atoms with Crippen molar-refractivity contribution in [3.05, 3.63) is 17.0 Å². The van der Waals surface area contributed by atoms with Crippen molar-refractivity contribution in [1.29, 1.82) is 0 Å². The number of rotatable bonds is 3. The largest absolute Gasteiger partial charge is 0.375 e. The van der Waals surface area contributed by atoms with Crippen LogP contribution in [0, 0.1) is 0 Å². The van der Waals surface area contributed by atoms with E-state index in [0.29, 0.717) is 32.2 Å². The molecule has 1 fully saturated rings. The normalized spacial score (nSPS) is 21.2. The third kappa shape index (κ3) is 3.92. The van der Waals surface area contributed by atoms with Crippen molar-refractivity contribution in [2.45, 2.75) is 23.8 Å². The van der Waals surface area contributed by atoms with E-state index in [2.05, 4.69) is 4.99 Å². The van der Waals surface area contributed by atoms with Gasteiger partial charge in [0, 0.05) is 18.0 Å². The molecule has 0 spiro atoms. The Hall–Kier alpha value is -1.16. The molecule has 0 aromatic carbocycles. The summed E-state index contributed by atoms with van der Waals surface area (Å²) in [7, 11) is -3.64. The molecule has 0 aliphatic carbocycles. The van der Waals surface area contributed by atoms with Gasteiger partial charge >= 0.3 is 0 Å². The maximum absolute atomic E-state index is 11.2. The van der Waals surface area contributed by atoms with E-state index in [0.717, 1.165) is 16.2 Å². The second kappa shape index (κ2) is 6.08. The first-order valence-corrected chi connectivity index (χ1v) is 8.50.